The molecule has 0 radical (unpaired) electrons. The lowest BCUT2D eigenvalue weighted by molar-refractivity contribution is 0.917. The van der Waals surface area contributed by atoms with Gasteiger partial charge in [-0.1, -0.05) is 11.6 Å². The molecule has 2 rings (SSSR count). The second-order valence-electron chi connectivity index (χ2n) is 2.43. The molecule has 0 spiro atoms. The average Bonchev–Trinajstić information content (AvgIpc) is 2.04. The molecule has 1 aromatic heterocycles. The van der Waals surface area contributed by atoms with Crippen LogP contribution in [0.1, 0.15) is 11.3 Å². The summed E-state index contributed by atoms with van der Waals surface area (Å²) in [6.07, 6.45) is 2.47. The molecular weight excluding hydrogens is 197 g/mol. The van der Waals surface area contributed by atoms with Crippen molar-refractivity contribution in [3.05, 3.63) is 21.7 Å². The van der Waals surface area contributed by atoms with E-state index in [1.165, 1.54) is 0 Å². The highest BCUT2D eigenvalue weighted by atomic mass is 35.5. The van der Waals surface area contributed by atoms with Crippen LogP contribution < -0.4 is 0 Å². The van der Waals surface area contributed by atoms with E-state index in [4.69, 9.17) is 23.2 Å². The largest absolute Gasteiger partial charge is 0.291 e. The van der Waals surface area contributed by atoms with Crippen molar-refractivity contribution in [1.82, 2.24) is 9.97 Å². The quantitative estimate of drug-likeness (QED) is 0.474. The van der Waals surface area contributed by atoms with Gasteiger partial charge in [0.2, 0.25) is 5.28 Å². The summed E-state index contributed by atoms with van der Waals surface area (Å²) in [6, 6.07) is 0. The molecule has 1 aliphatic rings. The van der Waals surface area contributed by atoms with E-state index >= 15 is 0 Å². The summed E-state index contributed by atoms with van der Waals surface area (Å²) in [5, 5.41) is 0.614. The lowest BCUT2D eigenvalue weighted by Crippen LogP contribution is -2.07. The SMILES string of the molecule is Clc1nc(Cl)c2c(n1)C=NCC2. The number of fused-ring (bicyclic) bond motifs is 1. The number of hydrogen-bond acceptors (Lipinski definition) is 3. The normalized spacial score (nSPS) is 14.5. The third-order valence-corrected chi connectivity index (χ3v) is 2.15. The van der Waals surface area contributed by atoms with E-state index in [0.29, 0.717) is 5.15 Å². The molecule has 12 heavy (non-hydrogen) atoms. The third-order valence-electron chi connectivity index (χ3n) is 1.67. The third kappa shape index (κ3) is 1.30. The smallest absolute Gasteiger partial charge is 0.224 e. The summed E-state index contributed by atoms with van der Waals surface area (Å²) < 4.78 is 0. The molecular formula is C7H5Cl2N3. The van der Waals surface area contributed by atoms with Crippen molar-refractivity contribution < 1.29 is 0 Å². The Bertz CT molecular complexity index is 349. The first kappa shape index (κ1) is 7.95. The molecule has 0 aliphatic carbocycles. The Kier molecular flexibility index (Phi) is 1.98. The minimum absolute atomic E-state index is 0.173. The zero-order chi connectivity index (χ0) is 8.55. The van der Waals surface area contributed by atoms with Crippen LogP contribution in [0, 0.1) is 0 Å². The summed E-state index contributed by atoms with van der Waals surface area (Å²) in [5.41, 5.74) is 1.68. The van der Waals surface area contributed by atoms with Gasteiger partial charge < -0.3 is 0 Å². The van der Waals surface area contributed by atoms with Crippen LogP contribution >= 0.6 is 23.2 Å². The van der Waals surface area contributed by atoms with Crippen molar-refractivity contribution in [2.75, 3.05) is 6.54 Å². The first-order valence-corrected chi connectivity index (χ1v) is 4.24. The maximum absolute atomic E-state index is 5.85. The molecule has 0 bridgehead atoms. The number of rotatable bonds is 0. The van der Waals surface area contributed by atoms with Gasteiger partial charge >= 0.3 is 0 Å². The van der Waals surface area contributed by atoms with Crippen molar-refractivity contribution in [1.29, 1.82) is 0 Å². The number of nitrogens with zero attached hydrogens (tertiary/aromatic N) is 3. The van der Waals surface area contributed by atoms with Crippen molar-refractivity contribution >= 4 is 29.4 Å². The van der Waals surface area contributed by atoms with Crippen molar-refractivity contribution in [3.8, 4) is 0 Å². The van der Waals surface area contributed by atoms with E-state index in [1.807, 2.05) is 0 Å². The molecule has 3 nitrogen and oxygen atoms in total. The molecule has 2 heterocycles. The van der Waals surface area contributed by atoms with Crippen LogP contribution in [0.15, 0.2) is 4.99 Å². The predicted molar refractivity (Wildman–Crippen MR) is 48.2 cm³/mol. The molecule has 0 aromatic carbocycles. The number of halogens is 2. The molecule has 0 saturated heterocycles. The van der Waals surface area contributed by atoms with Gasteiger partial charge in [0.05, 0.1) is 5.69 Å². The number of aliphatic imine (C=N–C) groups is 1. The Morgan fingerprint density at radius 1 is 1.25 bits per heavy atom. The molecule has 62 valence electrons. The van der Waals surface area contributed by atoms with Crippen molar-refractivity contribution in [2.45, 2.75) is 6.42 Å². The molecule has 0 amide bonds. The van der Waals surface area contributed by atoms with Crippen LogP contribution in [0.5, 0.6) is 0 Å². The Morgan fingerprint density at radius 2 is 2.08 bits per heavy atom. The molecule has 1 aromatic rings. The monoisotopic (exact) mass is 201 g/mol. The average molecular weight is 202 g/mol. The minimum atomic E-state index is 0.173. The molecule has 0 N–H and O–H groups in total. The van der Waals surface area contributed by atoms with E-state index in [-0.39, 0.29) is 5.28 Å². The molecule has 0 unspecified atom stereocenters. The van der Waals surface area contributed by atoms with Crippen molar-refractivity contribution in [2.24, 2.45) is 4.99 Å². The van der Waals surface area contributed by atoms with E-state index in [9.17, 15) is 0 Å². The van der Waals surface area contributed by atoms with Crippen LogP contribution in [-0.4, -0.2) is 22.7 Å². The lowest BCUT2D eigenvalue weighted by Gasteiger charge is -2.09. The zero-order valence-corrected chi connectivity index (χ0v) is 7.60. The maximum atomic E-state index is 5.85. The zero-order valence-electron chi connectivity index (χ0n) is 6.09. The first-order chi connectivity index (χ1) is 5.77. The summed E-state index contributed by atoms with van der Waals surface area (Å²) >= 11 is 11.5. The minimum Gasteiger partial charge on any atom is -0.291 e. The Labute approximate surface area is 79.5 Å². The van der Waals surface area contributed by atoms with Crippen LogP contribution in [0.4, 0.5) is 0 Å². The van der Waals surface area contributed by atoms with Gasteiger partial charge in [-0.3, -0.25) is 4.99 Å². The first-order valence-electron chi connectivity index (χ1n) is 3.49. The summed E-state index contributed by atoms with van der Waals surface area (Å²) in [6.45, 7) is 0.748. The van der Waals surface area contributed by atoms with Gasteiger partial charge in [0.15, 0.2) is 0 Å². The number of aromatic nitrogens is 2. The molecule has 1 aliphatic heterocycles. The van der Waals surface area contributed by atoms with E-state index in [0.717, 1.165) is 24.2 Å². The standard InChI is InChI=1S/C7H5Cl2N3/c8-6-4-1-2-10-3-5(4)11-7(9)12-6/h3H,1-2H2. The van der Waals surface area contributed by atoms with E-state index in [1.54, 1.807) is 6.21 Å². The highest BCUT2D eigenvalue weighted by Gasteiger charge is 2.12. The Hall–Kier alpha value is -0.670. The molecule has 5 heteroatoms. The fraction of sp³-hybridized carbons (Fsp3) is 0.286. The van der Waals surface area contributed by atoms with Crippen molar-refractivity contribution in [3.63, 3.8) is 0 Å². The Morgan fingerprint density at radius 3 is 2.92 bits per heavy atom. The number of hydrogen-bond donors (Lipinski definition) is 0. The Balaban J connectivity index is 2.62. The second-order valence-corrected chi connectivity index (χ2v) is 3.13. The summed E-state index contributed by atoms with van der Waals surface area (Å²) in [7, 11) is 0. The molecule has 0 saturated carbocycles. The van der Waals surface area contributed by atoms with Crippen LogP contribution in [0.3, 0.4) is 0 Å². The highest BCUT2D eigenvalue weighted by Crippen LogP contribution is 2.20. The summed E-state index contributed by atoms with van der Waals surface area (Å²) in [4.78, 5) is 11.9. The van der Waals surface area contributed by atoms with Gasteiger partial charge in [0.25, 0.3) is 0 Å². The topological polar surface area (TPSA) is 38.1 Å². The predicted octanol–water partition coefficient (Wildman–Crippen LogP) is 1.76. The van der Waals surface area contributed by atoms with E-state index in [2.05, 4.69) is 15.0 Å². The van der Waals surface area contributed by atoms with Gasteiger partial charge in [-0.25, -0.2) is 9.97 Å². The van der Waals surface area contributed by atoms with E-state index < -0.39 is 0 Å². The van der Waals surface area contributed by atoms with Gasteiger partial charge in [0, 0.05) is 18.3 Å². The maximum Gasteiger partial charge on any atom is 0.224 e. The van der Waals surface area contributed by atoms with Gasteiger partial charge in [-0.15, -0.1) is 0 Å². The lowest BCUT2D eigenvalue weighted by atomic mass is 10.1. The van der Waals surface area contributed by atoms with Crippen LogP contribution in [-0.2, 0) is 6.42 Å². The fourth-order valence-electron chi connectivity index (χ4n) is 1.11. The van der Waals surface area contributed by atoms with Gasteiger partial charge in [-0.05, 0) is 18.0 Å². The molecule has 0 atom stereocenters. The van der Waals surface area contributed by atoms with Gasteiger partial charge in [-0.2, -0.15) is 0 Å². The second kappa shape index (κ2) is 2.99. The van der Waals surface area contributed by atoms with Crippen LogP contribution in [0.25, 0.3) is 0 Å². The fourth-order valence-corrected chi connectivity index (χ4v) is 1.60. The molecule has 0 fully saturated rings. The highest BCUT2D eigenvalue weighted by molar-refractivity contribution is 6.32. The van der Waals surface area contributed by atoms with Crippen LogP contribution in [0.2, 0.25) is 10.4 Å². The van der Waals surface area contributed by atoms with Gasteiger partial charge in [0.1, 0.15) is 5.15 Å². The summed E-state index contributed by atoms with van der Waals surface area (Å²) in [5.74, 6) is 0.